The fourth-order valence-corrected chi connectivity index (χ4v) is 3.41. The van der Waals surface area contributed by atoms with Gasteiger partial charge in [-0.1, -0.05) is 35.9 Å². The highest BCUT2D eigenvalue weighted by Gasteiger charge is 2.35. The van der Waals surface area contributed by atoms with Crippen LogP contribution in [0.2, 0.25) is 0 Å². The van der Waals surface area contributed by atoms with Gasteiger partial charge in [0.25, 0.3) is 0 Å². The molecule has 0 radical (unpaired) electrons. The summed E-state index contributed by atoms with van der Waals surface area (Å²) in [4.78, 5) is 2.39. The van der Waals surface area contributed by atoms with E-state index in [1.807, 2.05) is 0 Å². The second-order valence-corrected chi connectivity index (χ2v) is 5.25. The molecule has 2 aliphatic carbocycles. The number of allylic oxidation sites excluding steroid dienone is 1. The Labute approximate surface area is 97.8 Å². The molecule has 2 aliphatic rings. The highest BCUT2D eigenvalue weighted by atomic mass is 15.1. The molecule has 0 heterocycles. The minimum absolute atomic E-state index is 0.596. The quantitative estimate of drug-likeness (QED) is 0.648. The molecule has 0 amide bonds. The van der Waals surface area contributed by atoms with E-state index in [4.69, 9.17) is 0 Å². The van der Waals surface area contributed by atoms with Gasteiger partial charge in [-0.25, -0.2) is 0 Å². The number of fused-ring (bicyclic) bond motifs is 2. The van der Waals surface area contributed by atoms with E-state index in [9.17, 15) is 0 Å². The Bertz CT molecular complexity index is 431. The molecule has 1 aromatic carbocycles. The average Bonchev–Trinajstić information content (AvgIpc) is 2.72. The lowest BCUT2D eigenvalue weighted by Crippen LogP contribution is -2.31. The van der Waals surface area contributed by atoms with Gasteiger partial charge in [-0.05, 0) is 44.5 Å². The van der Waals surface area contributed by atoms with E-state index in [1.54, 1.807) is 11.1 Å². The Morgan fingerprint density at radius 1 is 1.19 bits per heavy atom. The molecule has 0 unspecified atom stereocenters. The summed E-state index contributed by atoms with van der Waals surface area (Å²) in [7, 11) is 4.42. The van der Waals surface area contributed by atoms with Crippen LogP contribution in [0.1, 0.15) is 30.0 Å². The smallest absolute Gasteiger partial charge is 0.0410 e. The van der Waals surface area contributed by atoms with Crippen LogP contribution in [0.25, 0.3) is 0 Å². The molecule has 0 fully saturated rings. The third-order valence-corrected chi connectivity index (χ3v) is 4.07. The molecule has 1 aromatic rings. The normalized spacial score (nSPS) is 27.6. The second-order valence-electron chi connectivity index (χ2n) is 5.25. The maximum Gasteiger partial charge on any atom is 0.0410 e. The van der Waals surface area contributed by atoms with E-state index in [-0.39, 0.29) is 0 Å². The van der Waals surface area contributed by atoms with Gasteiger partial charge in [-0.2, -0.15) is 0 Å². The summed E-state index contributed by atoms with van der Waals surface area (Å²) >= 11 is 0. The largest absolute Gasteiger partial charge is 0.302 e. The lowest BCUT2D eigenvalue weighted by Gasteiger charge is -2.37. The van der Waals surface area contributed by atoms with Crippen molar-refractivity contribution in [2.24, 2.45) is 5.92 Å². The van der Waals surface area contributed by atoms with Crippen LogP contribution in [0.4, 0.5) is 0 Å². The molecule has 0 saturated heterocycles. The predicted octanol–water partition coefficient (Wildman–Crippen LogP) is 3.18. The van der Waals surface area contributed by atoms with Gasteiger partial charge in [0.1, 0.15) is 0 Å². The van der Waals surface area contributed by atoms with Crippen molar-refractivity contribution in [3.8, 4) is 0 Å². The summed E-state index contributed by atoms with van der Waals surface area (Å²) in [6, 6.07) is 9.55. The van der Waals surface area contributed by atoms with Gasteiger partial charge >= 0.3 is 0 Å². The fourth-order valence-electron chi connectivity index (χ4n) is 3.41. The topological polar surface area (TPSA) is 3.24 Å². The lowest BCUT2D eigenvalue weighted by atomic mass is 9.77. The number of rotatable bonds is 1. The molecule has 0 bridgehead atoms. The minimum Gasteiger partial charge on any atom is -0.302 e. The van der Waals surface area contributed by atoms with Crippen molar-refractivity contribution in [2.45, 2.75) is 25.3 Å². The second kappa shape index (κ2) is 3.74. The molecular formula is C15H19N. The fraction of sp³-hybridized carbons (Fsp3) is 0.467. The van der Waals surface area contributed by atoms with Gasteiger partial charge in [0.05, 0.1) is 0 Å². The van der Waals surface area contributed by atoms with E-state index in [1.165, 1.54) is 24.8 Å². The van der Waals surface area contributed by atoms with Crippen LogP contribution in [-0.2, 0) is 6.42 Å². The molecule has 3 rings (SSSR count). The Morgan fingerprint density at radius 3 is 2.81 bits per heavy atom. The predicted molar refractivity (Wildman–Crippen MR) is 67.4 cm³/mol. The molecule has 0 N–H and O–H groups in total. The molecule has 1 nitrogen and oxygen atoms in total. The maximum atomic E-state index is 2.47. The van der Waals surface area contributed by atoms with Crippen LogP contribution < -0.4 is 0 Å². The monoisotopic (exact) mass is 213 g/mol. The highest BCUT2D eigenvalue weighted by Crippen LogP contribution is 2.45. The number of nitrogens with zero attached hydrogens (tertiary/aromatic N) is 1. The van der Waals surface area contributed by atoms with Crippen molar-refractivity contribution in [1.82, 2.24) is 4.90 Å². The zero-order chi connectivity index (χ0) is 11.1. The zero-order valence-electron chi connectivity index (χ0n) is 10.1. The van der Waals surface area contributed by atoms with Gasteiger partial charge in [-0.3, -0.25) is 0 Å². The van der Waals surface area contributed by atoms with Crippen LogP contribution in [0.3, 0.4) is 0 Å². The first-order chi connectivity index (χ1) is 7.77. The summed E-state index contributed by atoms with van der Waals surface area (Å²) in [5.41, 5.74) is 4.76. The highest BCUT2D eigenvalue weighted by molar-refractivity contribution is 5.41. The first kappa shape index (κ1) is 10.1. The molecule has 16 heavy (non-hydrogen) atoms. The van der Waals surface area contributed by atoms with Crippen LogP contribution in [0.5, 0.6) is 0 Å². The molecule has 1 heteroatoms. The molecule has 0 aliphatic heterocycles. The molecule has 0 aromatic heterocycles. The summed E-state index contributed by atoms with van der Waals surface area (Å²) in [5.74, 6) is 0.768. The zero-order valence-corrected chi connectivity index (χ0v) is 10.1. The van der Waals surface area contributed by atoms with Gasteiger partial charge in [0, 0.05) is 12.0 Å². The van der Waals surface area contributed by atoms with Crippen molar-refractivity contribution < 1.29 is 0 Å². The lowest BCUT2D eigenvalue weighted by molar-refractivity contribution is 0.223. The van der Waals surface area contributed by atoms with Gasteiger partial charge < -0.3 is 4.90 Å². The number of hydrogen-bond donors (Lipinski definition) is 0. The van der Waals surface area contributed by atoms with Crippen molar-refractivity contribution >= 4 is 0 Å². The van der Waals surface area contributed by atoms with Crippen LogP contribution in [0.15, 0.2) is 35.9 Å². The average molecular weight is 213 g/mol. The minimum atomic E-state index is 0.596. The molecule has 2 atom stereocenters. The Morgan fingerprint density at radius 2 is 2.00 bits per heavy atom. The molecule has 0 spiro atoms. The van der Waals surface area contributed by atoms with Crippen LogP contribution in [-0.4, -0.2) is 19.0 Å². The van der Waals surface area contributed by atoms with Crippen molar-refractivity contribution in [3.63, 3.8) is 0 Å². The summed E-state index contributed by atoms with van der Waals surface area (Å²) < 4.78 is 0. The third-order valence-electron chi connectivity index (χ3n) is 4.07. The van der Waals surface area contributed by atoms with E-state index >= 15 is 0 Å². The number of benzene rings is 1. The van der Waals surface area contributed by atoms with Gasteiger partial charge in [0.2, 0.25) is 0 Å². The van der Waals surface area contributed by atoms with E-state index in [0.717, 1.165) is 5.92 Å². The maximum absolute atomic E-state index is 2.47. The standard InChI is InChI=1S/C15H19N/c1-16(2)15-13-8-4-3-6-11(13)10-12-7-5-9-14(12)15/h3-4,6-8,14-15H,5,9-10H2,1-2H3/t14-,15-/m1/s1. The van der Waals surface area contributed by atoms with Crippen LogP contribution in [0, 0.1) is 5.92 Å². The summed E-state index contributed by atoms with van der Waals surface area (Å²) in [5, 5.41) is 0. The van der Waals surface area contributed by atoms with Gasteiger partial charge in [0.15, 0.2) is 0 Å². The Kier molecular flexibility index (Phi) is 2.36. The van der Waals surface area contributed by atoms with E-state index < -0.39 is 0 Å². The first-order valence-electron chi connectivity index (χ1n) is 6.20. The molecule has 0 saturated carbocycles. The molecular weight excluding hydrogens is 194 g/mol. The summed E-state index contributed by atoms with van der Waals surface area (Å²) in [6.45, 7) is 0. The number of hydrogen-bond acceptors (Lipinski definition) is 1. The third kappa shape index (κ3) is 1.42. The van der Waals surface area contributed by atoms with Gasteiger partial charge in [-0.15, -0.1) is 0 Å². The van der Waals surface area contributed by atoms with Crippen LogP contribution >= 0.6 is 0 Å². The van der Waals surface area contributed by atoms with Crippen molar-refractivity contribution in [1.29, 1.82) is 0 Å². The first-order valence-corrected chi connectivity index (χ1v) is 6.20. The Hall–Kier alpha value is -1.08. The SMILES string of the molecule is CN(C)[C@@H]1c2ccccc2CC2=CCC[C@H]21. The Balaban J connectivity index is 2.10. The van der Waals surface area contributed by atoms with E-state index in [2.05, 4.69) is 49.3 Å². The van der Waals surface area contributed by atoms with E-state index in [0.29, 0.717) is 6.04 Å². The molecule has 84 valence electrons. The summed E-state index contributed by atoms with van der Waals surface area (Å²) in [6.07, 6.45) is 6.27. The van der Waals surface area contributed by atoms with Crippen molar-refractivity contribution in [2.75, 3.05) is 14.1 Å². The van der Waals surface area contributed by atoms with Crippen molar-refractivity contribution in [3.05, 3.63) is 47.0 Å².